The molecule has 7 heteroatoms. The molecule has 1 aromatic carbocycles. The Bertz CT molecular complexity index is 949. The summed E-state index contributed by atoms with van der Waals surface area (Å²) in [7, 11) is 1.91. The zero-order chi connectivity index (χ0) is 20.4. The summed E-state index contributed by atoms with van der Waals surface area (Å²) in [5, 5.41) is 1.80. The Balaban J connectivity index is 1.60. The van der Waals surface area contributed by atoms with Crippen LogP contribution in [-0.2, 0) is 4.79 Å². The normalized spacial score (nSPS) is 18.4. The fourth-order valence-corrected chi connectivity index (χ4v) is 5.79. The van der Waals surface area contributed by atoms with Gasteiger partial charge in [-0.2, -0.15) is 0 Å². The molecule has 0 unspecified atom stereocenters. The lowest BCUT2D eigenvalue weighted by atomic mass is 9.94. The van der Waals surface area contributed by atoms with Crippen molar-refractivity contribution >= 4 is 40.2 Å². The number of thioether (sulfide) groups is 1. The lowest BCUT2D eigenvalue weighted by molar-refractivity contribution is -0.129. The van der Waals surface area contributed by atoms with Gasteiger partial charge in [-0.05, 0) is 43.9 Å². The van der Waals surface area contributed by atoms with Crippen LogP contribution in [0, 0.1) is 0 Å². The first-order valence-corrected chi connectivity index (χ1v) is 12.0. The maximum atomic E-state index is 13.2. The standard InChI is InChI=1S/C22H28ClN3O2S/c1-25(16-7-3-2-4-8-16)20(27)14-29-22-24-19-13-15(23)11-12-18(19)21(28)26(22)17-9-5-6-10-17/h11-13,16-17H,2-10,14H2,1H3. The van der Waals surface area contributed by atoms with Gasteiger partial charge in [-0.3, -0.25) is 14.2 Å². The SMILES string of the molecule is CN(C(=O)CSc1nc2cc(Cl)ccc2c(=O)n1C1CCCC1)C1CCCCC1. The van der Waals surface area contributed by atoms with Crippen molar-refractivity contribution in [3.8, 4) is 0 Å². The van der Waals surface area contributed by atoms with Crippen LogP contribution in [0.25, 0.3) is 10.9 Å². The highest BCUT2D eigenvalue weighted by Crippen LogP contribution is 2.32. The van der Waals surface area contributed by atoms with Crippen LogP contribution in [0.15, 0.2) is 28.2 Å². The van der Waals surface area contributed by atoms with Crippen LogP contribution in [0.1, 0.15) is 63.8 Å². The van der Waals surface area contributed by atoms with Crippen molar-refractivity contribution in [3.05, 3.63) is 33.6 Å². The number of fused-ring (bicyclic) bond motifs is 1. The van der Waals surface area contributed by atoms with Crippen LogP contribution in [0.5, 0.6) is 0 Å². The van der Waals surface area contributed by atoms with Crippen molar-refractivity contribution < 1.29 is 4.79 Å². The van der Waals surface area contributed by atoms with E-state index in [9.17, 15) is 9.59 Å². The van der Waals surface area contributed by atoms with Gasteiger partial charge in [0, 0.05) is 24.2 Å². The Morgan fingerprint density at radius 3 is 2.59 bits per heavy atom. The summed E-state index contributed by atoms with van der Waals surface area (Å²) in [5.41, 5.74) is 0.585. The topological polar surface area (TPSA) is 55.2 Å². The van der Waals surface area contributed by atoms with Crippen LogP contribution in [0.4, 0.5) is 0 Å². The number of rotatable bonds is 5. The number of aromatic nitrogens is 2. The average Bonchev–Trinajstić information content (AvgIpc) is 3.26. The van der Waals surface area contributed by atoms with Gasteiger partial charge < -0.3 is 4.90 Å². The molecule has 2 saturated carbocycles. The summed E-state index contributed by atoms with van der Waals surface area (Å²) in [5.74, 6) is 0.415. The minimum absolute atomic E-state index is 0.0193. The first-order valence-electron chi connectivity index (χ1n) is 10.6. The van der Waals surface area contributed by atoms with Crippen LogP contribution in [-0.4, -0.2) is 39.2 Å². The quantitative estimate of drug-likeness (QED) is 0.489. The summed E-state index contributed by atoms with van der Waals surface area (Å²) in [6, 6.07) is 5.74. The highest BCUT2D eigenvalue weighted by Gasteiger charge is 2.25. The van der Waals surface area contributed by atoms with Crippen molar-refractivity contribution in [2.24, 2.45) is 0 Å². The van der Waals surface area contributed by atoms with Gasteiger partial charge in [-0.1, -0.05) is 55.5 Å². The number of hydrogen-bond acceptors (Lipinski definition) is 4. The maximum Gasteiger partial charge on any atom is 0.262 e. The summed E-state index contributed by atoms with van der Waals surface area (Å²) in [6.45, 7) is 0. The Labute approximate surface area is 180 Å². The summed E-state index contributed by atoms with van der Waals surface area (Å²) >= 11 is 7.52. The predicted molar refractivity (Wildman–Crippen MR) is 119 cm³/mol. The molecular formula is C22H28ClN3O2S. The van der Waals surface area contributed by atoms with E-state index >= 15 is 0 Å². The molecule has 0 saturated heterocycles. The second kappa shape index (κ2) is 9.09. The molecule has 0 bridgehead atoms. The number of amides is 1. The van der Waals surface area contributed by atoms with Crippen molar-refractivity contribution in [2.45, 2.75) is 75.0 Å². The zero-order valence-corrected chi connectivity index (χ0v) is 18.5. The number of benzene rings is 1. The summed E-state index contributed by atoms with van der Waals surface area (Å²) < 4.78 is 1.84. The molecule has 0 atom stereocenters. The maximum absolute atomic E-state index is 13.2. The van der Waals surface area contributed by atoms with Gasteiger partial charge in [-0.25, -0.2) is 4.98 Å². The first-order chi connectivity index (χ1) is 14.0. The molecule has 1 aromatic heterocycles. The van der Waals surface area contributed by atoms with Gasteiger partial charge in [0.05, 0.1) is 16.7 Å². The van der Waals surface area contributed by atoms with E-state index in [1.54, 1.807) is 18.2 Å². The summed E-state index contributed by atoms with van der Waals surface area (Å²) in [4.78, 5) is 32.7. The molecule has 29 heavy (non-hydrogen) atoms. The Hall–Kier alpha value is -1.53. The lowest BCUT2D eigenvalue weighted by Gasteiger charge is -2.31. The molecule has 2 aromatic rings. The Morgan fingerprint density at radius 1 is 1.17 bits per heavy atom. The monoisotopic (exact) mass is 433 g/mol. The van der Waals surface area contributed by atoms with E-state index < -0.39 is 0 Å². The Morgan fingerprint density at radius 2 is 1.86 bits per heavy atom. The van der Waals surface area contributed by atoms with E-state index in [1.165, 1.54) is 31.0 Å². The minimum atomic E-state index is -0.0193. The number of hydrogen-bond donors (Lipinski definition) is 0. The average molecular weight is 434 g/mol. The molecular weight excluding hydrogens is 406 g/mol. The fraction of sp³-hybridized carbons (Fsp3) is 0.591. The molecule has 2 aliphatic rings. The van der Waals surface area contributed by atoms with Gasteiger partial charge in [0.1, 0.15) is 0 Å². The molecule has 2 fully saturated rings. The third-order valence-electron chi connectivity index (χ3n) is 6.36. The first kappa shape index (κ1) is 20.7. The molecule has 156 valence electrons. The van der Waals surface area contributed by atoms with Crippen LogP contribution < -0.4 is 5.56 Å². The molecule has 4 rings (SSSR count). The van der Waals surface area contributed by atoms with E-state index in [0.717, 1.165) is 38.5 Å². The molecule has 2 aliphatic carbocycles. The number of carbonyl (C=O) groups excluding carboxylic acids is 1. The third-order valence-corrected chi connectivity index (χ3v) is 7.53. The zero-order valence-electron chi connectivity index (χ0n) is 16.9. The molecule has 1 amide bonds. The van der Waals surface area contributed by atoms with Crippen molar-refractivity contribution in [1.29, 1.82) is 0 Å². The highest BCUT2D eigenvalue weighted by atomic mass is 35.5. The van der Waals surface area contributed by atoms with Crippen molar-refractivity contribution in [3.63, 3.8) is 0 Å². The molecule has 0 radical (unpaired) electrons. The van der Waals surface area contributed by atoms with Gasteiger partial charge >= 0.3 is 0 Å². The smallest absolute Gasteiger partial charge is 0.262 e. The number of carbonyl (C=O) groups is 1. The molecule has 0 spiro atoms. The van der Waals surface area contributed by atoms with Crippen LogP contribution >= 0.6 is 23.4 Å². The minimum Gasteiger partial charge on any atom is -0.342 e. The van der Waals surface area contributed by atoms with Crippen LogP contribution in [0.2, 0.25) is 5.02 Å². The second-order valence-corrected chi connectivity index (χ2v) is 9.63. The predicted octanol–water partition coefficient (Wildman–Crippen LogP) is 5.05. The molecule has 1 heterocycles. The molecule has 0 N–H and O–H groups in total. The van der Waals surface area contributed by atoms with Gasteiger partial charge in [0.15, 0.2) is 5.16 Å². The van der Waals surface area contributed by atoms with Crippen molar-refractivity contribution in [1.82, 2.24) is 14.5 Å². The second-order valence-electron chi connectivity index (χ2n) is 8.25. The van der Waals surface area contributed by atoms with E-state index in [2.05, 4.69) is 0 Å². The molecule has 5 nitrogen and oxygen atoms in total. The number of halogens is 1. The van der Waals surface area contributed by atoms with E-state index in [4.69, 9.17) is 16.6 Å². The van der Waals surface area contributed by atoms with E-state index in [-0.39, 0.29) is 17.5 Å². The van der Waals surface area contributed by atoms with Crippen molar-refractivity contribution in [2.75, 3.05) is 12.8 Å². The molecule has 0 aliphatic heterocycles. The van der Waals surface area contributed by atoms with Crippen LogP contribution in [0.3, 0.4) is 0 Å². The lowest BCUT2D eigenvalue weighted by Crippen LogP contribution is -2.39. The van der Waals surface area contributed by atoms with E-state index in [1.807, 2.05) is 16.5 Å². The number of nitrogens with zero attached hydrogens (tertiary/aromatic N) is 3. The fourth-order valence-electron chi connectivity index (χ4n) is 4.64. The van der Waals surface area contributed by atoms with E-state index in [0.29, 0.717) is 32.9 Å². The van der Waals surface area contributed by atoms with Gasteiger partial charge in [0.25, 0.3) is 5.56 Å². The highest BCUT2D eigenvalue weighted by molar-refractivity contribution is 7.99. The Kier molecular flexibility index (Phi) is 6.50. The third kappa shape index (κ3) is 4.48. The summed E-state index contributed by atoms with van der Waals surface area (Å²) in [6.07, 6.45) is 10.1. The largest absolute Gasteiger partial charge is 0.342 e. The van der Waals surface area contributed by atoms with Gasteiger partial charge in [0.2, 0.25) is 5.91 Å². The van der Waals surface area contributed by atoms with Gasteiger partial charge in [-0.15, -0.1) is 0 Å².